The Hall–Kier alpha value is 0. The largest absolute Gasteiger partial charge is 0.0651 e. The lowest BCUT2D eigenvalue weighted by Gasteiger charge is -2.73. The van der Waals surface area contributed by atoms with Crippen LogP contribution in [0.2, 0.25) is 0 Å². The zero-order valence-electron chi connectivity index (χ0n) is 20.9. The first-order valence-corrected chi connectivity index (χ1v) is 13.5. The summed E-state index contributed by atoms with van der Waals surface area (Å²) >= 11 is 0. The summed E-state index contributed by atoms with van der Waals surface area (Å²) in [7, 11) is 0. The van der Waals surface area contributed by atoms with Crippen LogP contribution in [-0.4, -0.2) is 0 Å². The van der Waals surface area contributed by atoms with Crippen molar-refractivity contribution in [3.63, 3.8) is 0 Å². The Bertz CT molecular complexity index is 661. The molecule has 0 amide bonds. The van der Waals surface area contributed by atoms with Crippen LogP contribution in [0.3, 0.4) is 0 Å². The highest BCUT2D eigenvalue weighted by atomic mass is 14.7. The van der Waals surface area contributed by atoms with Crippen molar-refractivity contribution in [2.75, 3.05) is 0 Å². The molecular formula is C29H50. The molecule has 0 aromatic rings. The SMILES string of the molecule is CC[C@@H]1CC[C@]2(C)[C@H]3CC[C@@H]4[C@@]5(C)CCCC(C)(C)[C@H]5CC[C@@]4(C)[C@]3(C)CC[C@@H]12. The summed E-state index contributed by atoms with van der Waals surface area (Å²) in [5, 5.41) is 0. The normalized spacial score (nSPS) is 58.7. The van der Waals surface area contributed by atoms with E-state index < -0.39 is 0 Å². The second kappa shape index (κ2) is 6.28. The van der Waals surface area contributed by atoms with Gasteiger partial charge in [0.25, 0.3) is 0 Å². The molecular weight excluding hydrogens is 348 g/mol. The summed E-state index contributed by atoms with van der Waals surface area (Å²) < 4.78 is 0. The van der Waals surface area contributed by atoms with Crippen LogP contribution in [-0.2, 0) is 0 Å². The third-order valence-electron chi connectivity index (χ3n) is 13.4. The molecule has 29 heavy (non-hydrogen) atoms. The molecule has 0 radical (unpaired) electrons. The third-order valence-corrected chi connectivity index (χ3v) is 13.4. The average Bonchev–Trinajstić information content (AvgIpc) is 2.98. The molecule has 0 spiro atoms. The van der Waals surface area contributed by atoms with Crippen molar-refractivity contribution in [3.05, 3.63) is 0 Å². The summed E-state index contributed by atoms with van der Waals surface area (Å²) in [6.07, 6.45) is 18.1. The second-order valence-corrected chi connectivity index (χ2v) is 14.3. The Morgan fingerprint density at radius 3 is 1.86 bits per heavy atom. The molecule has 0 unspecified atom stereocenters. The van der Waals surface area contributed by atoms with Crippen molar-refractivity contribution in [3.8, 4) is 0 Å². The monoisotopic (exact) mass is 398 g/mol. The van der Waals surface area contributed by atoms with E-state index in [-0.39, 0.29) is 0 Å². The van der Waals surface area contributed by atoms with Gasteiger partial charge in [0.05, 0.1) is 0 Å². The topological polar surface area (TPSA) is 0 Å². The molecule has 5 fully saturated rings. The van der Waals surface area contributed by atoms with Gasteiger partial charge in [0.2, 0.25) is 0 Å². The van der Waals surface area contributed by atoms with Gasteiger partial charge >= 0.3 is 0 Å². The summed E-state index contributed by atoms with van der Waals surface area (Å²) in [6.45, 7) is 18.8. The molecule has 5 aliphatic carbocycles. The zero-order chi connectivity index (χ0) is 20.9. The molecule has 5 aliphatic rings. The van der Waals surface area contributed by atoms with Gasteiger partial charge in [0, 0.05) is 0 Å². The molecule has 5 saturated carbocycles. The van der Waals surface area contributed by atoms with Gasteiger partial charge in [-0.25, -0.2) is 0 Å². The van der Waals surface area contributed by atoms with Crippen LogP contribution in [0.4, 0.5) is 0 Å². The van der Waals surface area contributed by atoms with Gasteiger partial charge in [0.1, 0.15) is 0 Å². The van der Waals surface area contributed by atoms with Crippen molar-refractivity contribution < 1.29 is 0 Å². The molecule has 0 N–H and O–H groups in total. The summed E-state index contributed by atoms with van der Waals surface area (Å²) in [6, 6.07) is 0. The van der Waals surface area contributed by atoms with Crippen LogP contribution >= 0.6 is 0 Å². The molecule has 0 heteroatoms. The maximum Gasteiger partial charge on any atom is -0.0235 e. The Kier molecular flexibility index (Phi) is 4.52. The van der Waals surface area contributed by atoms with E-state index in [0.717, 1.165) is 29.6 Å². The minimum atomic E-state index is 0.565. The molecule has 166 valence electrons. The fraction of sp³-hybridized carbons (Fsp3) is 1.00. The van der Waals surface area contributed by atoms with Gasteiger partial charge in [-0.3, -0.25) is 0 Å². The van der Waals surface area contributed by atoms with Crippen molar-refractivity contribution in [1.82, 2.24) is 0 Å². The third kappa shape index (κ3) is 2.44. The maximum atomic E-state index is 2.81. The van der Waals surface area contributed by atoms with Crippen molar-refractivity contribution in [1.29, 1.82) is 0 Å². The first-order chi connectivity index (χ1) is 13.5. The summed E-state index contributed by atoms with van der Waals surface area (Å²) in [4.78, 5) is 0. The fourth-order valence-electron chi connectivity index (χ4n) is 11.9. The van der Waals surface area contributed by atoms with Crippen LogP contribution < -0.4 is 0 Å². The quantitative estimate of drug-likeness (QED) is 0.413. The molecule has 0 bridgehead atoms. The maximum absolute atomic E-state index is 2.81. The van der Waals surface area contributed by atoms with Crippen LogP contribution in [0.15, 0.2) is 0 Å². The van der Waals surface area contributed by atoms with E-state index >= 15 is 0 Å². The van der Waals surface area contributed by atoms with Gasteiger partial charge in [-0.1, -0.05) is 61.3 Å². The van der Waals surface area contributed by atoms with Crippen molar-refractivity contribution in [2.24, 2.45) is 56.7 Å². The highest BCUT2D eigenvalue weighted by Crippen LogP contribution is 2.77. The summed E-state index contributed by atoms with van der Waals surface area (Å²) in [5.74, 6) is 4.99. The van der Waals surface area contributed by atoms with Gasteiger partial charge in [0.15, 0.2) is 0 Å². The number of hydrogen-bond donors (Lipinski definition) is 0. The Labute approximate surface area is 182 Å². The lowest BCUT2D eigenvalue weighted by atomic mass is 9.32. The van der Waals surface area contributed by atoms with Gasteiger partial charge in [-0.2, -0.15) is 0 Å². The lowest BCUT2D eigenvalue weighted by Crippen LogP contribution is -2.65. The smallest absolute Gasteiger partial charge is 0.0235 e. The molecule has 9 atom stereocenters. The average molecular weight is 399 g/mol. The standard InChI is InChI=1S/C29H50/c1-8-20-12-17-26(4)21(20)13-18-28(6)23(26)10-11-24-27(5)16-9-15-25(2,3)22(27)14-19-29(24,28)7/h20-24H,8-19H2,1-7H3/t20-,21+,22-,23-,24-,26+,27+,28-,29-/m1/s1. The minimum Gasteiger partial charge on any atom is -0.0651 e. The van der Waals surface area contributed by atoms with Crippen molar-refractivity contribution in [2.45, 2.75) is 126 Å². The van der Waals surface area contributed by atoms with Crippen LogP contribution in [0.25, 0.3) is 0 Å². The highest BCUT2D eigenvalue weighted by Gasteiger charge is 2.69. The molecule has 0 saturated heterocycles. The van der Waals surface area contributed by atoms with E-state index in [4.69, 9.17) is 0 Å². The highest BCUT2D eigenvalue weighted by molar-refractivity contribution is 5.18. The fourth-order valence-corrected chi connectivity index (χ4v) is 11.9. The van der Waals surface area contributed by atoms with Crippen LogP contribution in [0.5, 0.6) is 0 Å². The lowest BCUT2D eigenvalue weighted by molar-refractivity contribution is -0.241. The van der Waals surface area contributed by atoms with Gasteiger partial charge < -0.3 is 0 Å². The predicted octanol–water partition coefficient (Wildman–Crippen LogP) is 8.89. The first kappa shape index (κ1) is 20.9. The molecule has 5 rings (SSSR count). The molecule has 0 aliphatic heterocycles. The van der Waals surface area contributed by atoms with E-state index in [1.54, 1.807) is 12.8 Å². The van der Waals surface area contributed by atoms with E-state index in [2.05, 4.69) is 48.5 Å². The first-order valence-electron chi connectivity index (χ1n) is 13.5. The van der Waals surface area contributed by atoms with Gasteiger partial charge in [-0.15, -0.1) is 0 Å². The summed E-state index contributed by atoms with van der Waals surface area (Å²) in [5.41, 5.74) is 2.97. The number of rotatable bonds is 1. The van der Waals surface area contributed by atoms with E-state index in [0.29, 0.717) is 27.1 Å². The Morgan fingerprint density at radius 2 is 1.21 bits per heavy atom. The zero-order valence-corrected chi connectivity index (χ0v) is 20.9. The molecule has 0 aromatic heterocycles. The van der Waals surface area contributed by atoms with E-state index in [9.17, 15) is 0 Å². The van der Waals surface area contributed by atoms with Crippen molar-refractivity contribution >= 4 is 0 Å². The molecule has 0 heterocycles. The van der Waals surface area contributed by atoms with E-state index in [1.165, 1.54) is 64.2 Å². The molecule has 0 aromatic carbocycles. The predicted molar refractivity (Wildman–Crippen MR) is 125 cm³/mol. The number of hydrogen-bond acceptors (Lipinski definition) is 0. The van der Waals surface area contributed by atoms with Gasteiger partial charge in [-0.05, 0) is 121 Å². The minimum absolute atomic E-state index is 0.565. The molecule has 0 nitrogen and oxygen atoms in total. The Morgan fingerprint density at radius 1 is 0.586 bits per heavy atom. The van der Waals surface area contributed by atoms with E-state index in [1.807, 2.05) is 0 Å². The second-order valence-electron chi connectivity index (χ2n) is 14.3. The van der Waals surface area contributed by atoms with Crippen LogP contribution in [0, 0.1) is 56.7 Å². The van der Waals surface area contributed by atoms with Crippen LogP contribution in [0.1, 0.15) is 126 Å². The number of fused-ring (bicyclic) bond motifs is 7. The Balaban J connectivity index is 1.53.